The van der Waals surface area contributed by atoms with E-state index in [1.807, 2.05) is 0 Å². The van der Waals surface area contributed by atoms with Crippen LogP contribution in [0, 0.1) is 11.8 Å². The van der Waals surface area contributed by atoms with Gasteiger partial charge in [-0.2, -0.15) is 0 Å². The van der Waals surface area contributed by atoms with Crippen molar-refractivity contribution in [3.05, 3.63) is 0 Å². The average molecular weight is 375 g/mol. The van der Waals surface area contributed by atoms with E-state index in [0.29, 0.717) is 38.6 Å². The second-order valence-corrected chi connectivity index (χ2v) is 8.82. The summed E-state index contributed by atoms with van der Waals surface area (Å²) in [5.41, 5.74) is 0. The van der Waals surface area contributed by atoms with E-state index < -0.39 is 27.2 Å². The molecule has 1 aliphatic carbocycles. The molecule has 1 unspecified atom stereocenters. The van der Waals surface area contributed by atoms with Crippen LogP contribution < -0.4 is 0 Å². The third kappa shape index (κ3) is 4.58. The third-order valence-corrected chi connectivity index (χ3v) is 7.51. The first-order chi connectivity index (χ1) is 11.8. The van der Waals surface area contributed by atoms with Gasteiger partial charge in [0.1, 0.15) is 12.2 Å². The minimum Gasteiger partial charge on any atom is -0.469 e. The van der Waals surface area contributed by atoms with E-state index in [2.05, 4.69) is 9.47 Å². The fraction of sp³-hybridized carbons (Fsp3) is 0.812. The van der Waals surface area contributed by atoms with Crippen LogP contribution in [0.3, 0.4) is 0 Å². The first-order valence-corrected chi connectivity index (χ1v) is 9.96. The number of Topliss-reactive ketones (excluding diaryl/α,β-unsaturated/α-hetero) is 1. The zero-order chi connectivity index (χ0) is 18.6. The molecule has 0 aromatic rings. The molecule has 0 amide bonds. The largest absolute Gasteiger partial charge is 0.469 e. The van der Waals surface area contributed by atoms with Crippen LogP contribution in [0.25, 0.3) is 0 Å². The van der Waals surface area contributed by atoms with Crippen molar-refractivity contribution in [3.63, 3.8) is 0 Å². The van der Waals surface area contributed by atoms with Crippen LogP contribution in [0.4, 0.5) is 0 Å². The molecule has 1 aliphatic heterocycles. The van der Waals surface area contributed by atoms with Crippen molar-refractivity contribution in [1.82, 2.24) is 4.31 Å². The van der Waals surface area contributed by atoms with Gasteiger partial charge in [0.15, 0.2) is 0 Å². The summed E-state index contributed by atoms with van der Waals surface area (Å²) in [6.45, 7) is 0.486. The zero-order valence-electron chi connectivity index (χ0n) is 14.6. The lowest BCUT2D eigenvalue weighted by atomic mass is 9.85. The Morgan fingerprint density at radius 2 is 1.60 bits per heavy atom. The second kappa shape index (κ2) is 8.27. The van der Waals surface area contributed by atoms with Crippen LogP contribution in [0.5, 0.6) is 0 Å². The normalized spacial score (nSPS) is 27.7. The topological polar surface area (TPSA) is 107 Å². The highest BCUT2D eigenvalue weighted by molar-refractivity contribution is 7.89. The number of hydrogen-bond acceptors (Lipinski definition) is 7. The summed E-state index contributed by atoms with van der Waals surface area (Å²) in [4.78, 5) is 34.8. The van der Waals surface area contributed by atoms with Crippen molar-refractivity contribution < 1.29 is 32.3 Å². The Hall–Kier alpha value is -1.48. The molecule has 0 aromatic heterocycles. The van der Waals surface area contributed by atoms with Gasteiger partial charge in [0.25, 0.3) is 0 Å². The summed E-state index contributed by atoms with van der Waals surface area (Å²) in [6.07, 6.45) is 1.89. The smallest absolute Gasteiger partial charge is 0.313 e. The maximum Gasteiger partial charge on any atom is 0.313 e. The standard InChI is InChI=1S/C16H25NO7S/c1-23-15(19)9-14(18)11-3-5-13(6-4-11)25(21,22)17-8-7-12(10-17)16(20)24-2/h11-13H,3-10H2,1-2H3. The van der Waals surface area contributed by atoms with E-state index >= 15 is 0 Å². The predicted molar refractivity (Wildman–Crippen MR) is 88.0 cm³/mol. The van der Waals surface area contributed by atoms with Crippen LogP contribution in [0.15, 0.2) is 0 Å². The molecule has 8 nitrogen and oxygen atoms in total. The van der Waals surface area contributed by atoms with E-state index in [4.69, 9.17) is 0 Å². The molecular weight excluding hydrogens is 350 g/mol. The highest BCUT2D eigenvalue weighted by atomic mass is 32.2. The summed E-state index contributed by atoms with van der Waals surface area (Å²) < 4.78 is 36.1. The highest BCUT2D eigenvalue weighted by Crippen LogP contribution is 2.33. The first kappa shape index (κ1) is 19.8. The van der Waals surface area contributed by atoms with Gasteiger partial charge in [0.05, 0.1) is 25.4 Å². The summed E-state index contributed by atoms with van der Waals surface area (Å²) >= 11 is 0. The lowest BCUT2D eigenvalue weighted by Gasteiger charge is -2.30. The average Bonchev–Trinajstić information content (AvgIpc) is 3.12. The monoisotopic (exact) mass is 375 g/mol. The molecule has 1 saturated heterocycles. The Morgan fingerprint density at radius 1 is 0.960 bits per heavy atom. The molecule has 0 bridgehead atoms. The van der Waals surface area contributed by atoms with Crippen molar-refractivity contribution in [1.29, 1.82) is 0 Å². The maximum atomic E-state index is 12.8. The highest BCUT2D eigenvalue weighted by Gasteiger charge is 2.41. The lowest BCUT2D eigenvalue weighted by Crippen LogP contribution is -2.40. The summed E-state index contributed by atoms with van der Waals surface area (Å²) in [5, 5.41) is -0.536. The molecule has 9 heteroatoms. The number of ketones is 1. The number of nitrogens with zero attached hydrogens (tertiary/aromatic N) is 1. The number of carbonyl (C=O) groups excluding carboxylic acids is 3. The van der Waals surface area contributed by atoms with Crippen molar-refractivity contribution in [3.8, 4) is 0 Å². The number of rotatable bonds is 6. The fourth-order valence-corrected chi connectivity index (χ4v) is 5.61. The van der Waals surface area contributed by atoms with Crippen LogP contribution in [-0.2, 0) is 33.9 Å². The van der Waals surface area contributed by atoms with Crippen molar-refractivity contribution in [2.24, 2.45) is 11.8 Å². The minimum atomic E-state index is -3.49. The maximum absolute atomic E-state index is 12.8. The Balaban J connectivity index is 1.90. The molecule has 0 radical (unpaired) electrons. The minimum absolute atomic E-state index is 0.163. The number of ether oxygens (including phenoxy) is 2. The molecule has 142 valence electrons. The number of esters is 2. The Labute approximate surface area is 147 Å². The molecule has 0 aromatic carbocycles. The molecule has 1 heterocycles. The van der Waals surface area contributed by atoms with E-state index in [9.17, 15) is 22.8 Å². The second-order valence-electron chi connectivity index (χ2n) is 6.60. The van der Waals surface area contributed by atoms with E-state index in [1.54, 1.807) is 0 Å². The van der Waals surface area contributed by atoms with Gasteiger partial charge in [0.2, 0.25) is 10.0 Å². The summed E-state index contributed by atoms with van der Waals surface area (Å²) in [6, 6.07) is 0. The number of hydrogen-bond donors (Lipinski definition) is 0. The van der Waals surface area contributed by atoms with Gasteiger partial charge in [-0.1, -0.05) is 0 Å². The van der Waals surface area contributed by atoms with Crippen molar-refractivity contribution in [2.75, 3.05) is 27.3 Å². The quantitative estimate of drug-likeness (QED) is 0.491. The summed E-state index contributed by atoms with van der Waals surface area (Å²) in [7, 11) is -0.960. The van der Waals surface area contributed by atoms with Gasteiger partial charge in [-0.05, 0) is 32.1 Å². The Kier molecular flexibility index (Phi) is 6.56. The Morgan fingerprint density at radius 3 is 2.16 bits per heavy atom. The summed E-state index contributed by atoms with van der Waals surface area (Å²) in [5.74, 6) is -1.82. The van der Waals surface area contributed by atoms with Gasteiger partial charge in [-0.25, -0.2) is 12.7 Å². The van der Waals surface area contributed by atoms with Gasteiger partial charge < -0.3 is 9.47 Å². The molecule has 25 heavy (non-hydrogen) atoms. The molecule has 0 N–H and O–H groups in total. The fourth-order valence-electron chi connectivity index (χ4n) is 3.57. The van der Waals surface area contributed by atoms with Gasteiger partial charge in [-0.15, -0.1) is 0 Å². The predicted octanol–water partition coefficient (Wildman–Crippen LogP) is 0.502. The molecular formula is C16H25NO7S. The van der Waals surface area contributed by atoms with E-state index in [-0.39, 0.29) is 30.6 Å². The number of carbonyl (C=O) groups is 3. The van der Waals surface area contributed by atoms with E-state index in [0.717, 1.165) is 0 Å². The number of sulfonamides is 1. The molecule has 1 atom stereocenters. The van der Waals surface area contributed by atoms with Crippen LogP contribution >= 0.6 is 0 Å². The van der Waals surface area contributed by atoms with Gasteiger partial charge in [-0.3, -0.25) is 14.4 Å². The van der Waals surface area contributed by atoms with Crippen LogP contribution in [0.1, 0.15) is 38.5 Å². The SMILES string of the molecule is COC(=O)CC(=O)C1CCC(S(=O)(=O)N2CCC(C(=O)OC)C2)CC1. The zero-order valence-corrected chi connectivity index (χ0v) is 15.4. The third-order valence-electron chi connectivity index (χ3n) is 5.14. The molecule has 0 spiro atoms. The van der Waals surface area contributed by atoms with Gasteiger partial charge >= 0.3 is 11.9 Å². The van der Waals surface area contributed by atoms with E-state index in [1.165, 1.54) is 18.5 Å². The number of methoxy groups -OCH3 is 2. The molecule has 2 aliphatic rings. The van der Waals surface area contributed by atoms with Crippen molar-refractivity contribution >= 4 is 27.7 Å². The van der Waals surface area contributed by atoms with Crippen molar-refractivity contribution in [2.45, 2.75) is 43.8 Å². The molecule has 2 fully saturated rings. The first-order valence-electron chi connectivity index (χ1n) is 8.46. The lowest BCUT2D eigenvalue weighted by molar-refractivity contribution is -0.145. The van der Waals surface area contributed by atoms with Gasteiger partial charge in [0, 0.05) is 19.0 Å². The van der Waals surface area contributed by atoms with Crippen LogP contribution in [0.2, 0.25) is 0 Å². The molecule has 1 saturated carbocycles. The molecule has 2 rings (SSSR count). The Bertz CT molecular complexity index is 622. The van der Waals surface area contributed by atoms with Crippen LogP contribution in [-0.4, -0.2) is 63.0 Å².